The fourth-order valence-electron chi connectivity index (χ4n) is 3.11. The molecule has 2 N–H and O–H groups in total. The first-order valence-corrected chi connectivity index (χ1v) is 9.91. The van der Waals surface area contributed by atoms with E-state index in [1.165, 1.54) is 6.26 Å². The maximum atomic E-state index is 12.9. The van der Waals surface area contributed by atoms with Crippen LogP contribution in [0.15, 0.2) is 75.9 Å². The Morgan fingerprint density at radius 2 is 1.69 bits per heavy atom. The monoisotopic (exact) mass is 431 g/mol. The van der Waals surface area contributed by atoms with Gasteiger partial charge in [0.05, 0.1) is 23.1 Å². The Morgan fingerprint density at radius 1 is 0.938 bits per heavy atom. The topological polar surface area (TPSA) is 107 Å². The van der Waals surface area contributed by atoms with Gasteiger partial charge in [0.25, 0.3) is 11.8 Å². The molecule has 0 saturated heterocycles. The standard InChI is InChI=1S/C24H21N3O5/c1-15-20(16(2)32-27-15)14-31-21-10-4-3-9-19(21)23(28)25-17-7-5-8-18(13-17)26-24(29)22-11-6-12-30-22/h3-13H,14H2,1-2H3,(H,25,28)(H,26,29). The number of rotatable bonds is 7. The maximum absolute atomic E-state index is 12.9. The lowest BCUT2D eigenvalue weighted by molar-refractivity contribution is 0.0994. The van der Waals surface area contributed by atoms with Crippen molar-refractivity contribution in [3.05, 3.63) is 95.3 Å². The smallest absolute Gasteiger partial charge is 0.291 e. The second-order valence-corrected chi connectivity index (χ2v) is 7.05. The molecule has 0 bridgehead atoms. The predicted octanol–water partition coefficient (Wildman–Crippen LogP) is 4.97. The predicted molar refractivity (Wildman–Crippen MR) is 118 cm³/mol. The number of hydrogen-bond donors (Lipinski definition) is 2. The largest absolute Gasteiger partial charge is 0.488 e. The Labute approximate surface area is 184 Å². The first kappa shape index (κ1) is 20.9. The fraction of sp³-hybridized carbons (Fsp3) is 0.125. The van der Waals surface area contributed by atoms with Crippen molar-refractivity contribution < 1.29 is 23.3 Å². The number of benzene rings is 2. The molecular formula is C24H21N3O5. The molecule has 0 fully saturated rings. The van der Waals surface area contributed by atoms with Gasteiger partial charge in [0, 0.05) is 11.4 Å². The van der Waals surface area contributed by atoms with Crippen LogP contribution in [0.5, 0.6) is 5.75 Å². The Balaban J connectivity index is 1.46. The van der Waals surface area contributed by atoms with Crippen LogP contribution in [0.4, 0.5) is 11.4 Å². The molecule has 0 aliphatic rings. The molecule has 162 valence electrons. The Bertz CT molecular complexity index is 1220. The molecule has 4 rings (SSSR count). The average molecular weight is 431 g/mol. The van der Waals surface area contributed by atoms with Crippen molar-refractivity contribution in [2.75, 3.05) is 10.6 Å². The zero-order valence-corrected chi connectivity index (χ0v) is 17.5. The SMILES string of the molecule is Cc1noc(C)c1COc1ccccc1C(=O)Nc1cccc(NC(=O)c2ccco2)c1. The Morgan fingerprint density at radius 3 is 2.38 bits per heavy atom. The van der Waals surface area contributed by atoms with Crippen LogP contribution in [-0.4, -0.2) is 17.0 Å². The summed E-state index contributed by atoms with van der Waals surface area (Å²) >= 11 is 0. The normalized spacial score (nSPS) is 10.6. The van der Waals surface area contributed by atoms with Gasteiger partial charge in [-0.25, -0.2) is 0 Å². The third kappa shape index (κ3) is 4.70. The van der Waals surface area contributed by atoms with E-state index in [0.29, 0.717) is 28.4 Å². The summed E-state index contributed by atoms with van der Waals surface area (Å²) in [6.07, 6.45) is 1.43. The van der Waals surface area contributed by atoms with Gasteiger partial charge in [-0.1, -0.05) is 23.4 Å². The van der Waals surface area contributed by atoms with Gasteiger partial charge in [-0.15, -0.1) is 0 Å². The summed E-state index contributed by atoms with van der Waals surface area (Å²) in [5, 5.41) is 9.49. The number of aryl methyl sites for hydroxylation is 2. The molecule has 0 radical (unpaired) electrons. The maximum Gasteiger partial charge on any atom is 0.291 e. The van der Waals surface area contributed by atoms with Crippen LogP contribution < -0.4 is 15.4 Å². The van der Waals surface area contributed by atoms with Gasteiger partial charge in [0.15, 0.2) is 5.76 Å². The van der Waals surface area contributed by atoms with E-state index in [-0.39, 0.29) is 24.2 Å². The minimum atomic E-state index is -0.378. The molecule has 2 amide bonds. The molecule has 0 spiro atoms. The molecule has 8 nitrogen and oxygen atoms in total. The molecule has 8 heteroatoms. The van der Waals surface area contributed by atoms with Crippen molar-refractivity contribution in [2.45, 2.75) is 20.5 Å². The summed E-state index contributed by atoms with van der Waals surface area (Å²) in [5.74, 6) is 0.597. The molecule has 2 aromatic heterocycles. The van der Waals surface area contributed by atoms with E-state index >= 15 is 0 Å². The third-order valence-corrected chi connectivity index (χ3v) is 4.81. The van der Waals surface area contributed by atoms with Gasteiger partial charge >= 0.3 is 0 Å². The van der Waals surface area contributed by atoms with Gasteiger partial charge < -0.3 is 24.3 Å². The fourth-order valence-corrected chi connectivity index (χ4v) is 3.11. The highest BCUT2D eigenvalue weighted by atomic mass is 16.5. The minimum Gasteiger partial charge on any atom is -0.488 e. The van der Waals surface area contributed by atoms with Crippen molar-refractivity contribution in [2.24, 2.45) is 0 Å². The molecule has 4 aromatic rings. The number of carbonyl (C=O) groups is 2. The molecule has 0 aliphatic carbocycles. The van der Waals surface area contributed by atoms with Crippen molar-refractivity contribution >= 4 is 23.2 Å². The number of para-hydroxylation sites is 1. The number of furan rings is 1. The molecule has 0 unspecified atom stereocenters. The van der Waals surface area contributed by atoms with Gasteiger partial charge in [0.1, 0.15) is 18.1 Å². The number of aromatic nitrogens is 1. The Hall–Kier alpha value is -4.33. The van der Waals surface area contributed by atoms with Crippen molar-refractivity contribution in [3.8, 4) is 5.75 Å². The van der Waals surface area contributed by atoms with Crippen LogP contribution in [0.25, 0.3) is 0 Å². The highest BCUT2D eigenvalue weighted by molar-refractivity contribution is 6.07. The van der Waals surface area contributed by atoms with E-state index in [4.69, 9.17) is 13.7 Å². The summed E-state index contributed by atoms with van der Waals surface area (Å²) in [7, 11) is 0. The van der Waals surface area contributed by atoms with Crippen LogP contribution in [0.1, 0.15) is 37.9 Å². The number of hydrogen-bond acceptors (Lipinski definition) is 6. The number of nitrogens with zero attached hydrogens (tertiary/aromatic N) is 1. The van der Waals surface area contributed by atoms with Crippen LogP contribution in [0.3, 0.4) is 0 Å². The van der Waals surface area contributed by atoms with Crippen LogP contribution >= 0.6 is 0 Å². The molecule has 0 aliphatic heterocycles. The van der Waals surface area contributed by atoms with Crippen LogP contribution in [-0.2, 0) is 6.61 Å². The third-order valence-electron chi connectivity index (χ3n) is 4.81. The van der Waals surface area contributed by atoms with Gasteiger partial charge in [0.2, 0.25) is 0 Å². The summed E-state index contributed by atoms with van der Waals surface area (Å²) in [6.45, 7) is 3.89. The van der Waals surface area contributed by atoms with Crippen LogP contribution in [0, 0.1) is 13.8 Å². The summed E-state index contributed by atoms with van der Waals surface area (Å²) in [6, 6.07) is 17.0. The quantitative estimate of drug-likeness (QED) is 0.428. The van der Waals surface area contributed by atoms with Gasteiger partial charge in [-0.05, 0) is 56.3 Å². The number of amides is 2. The molecule has 32 heavy (non-hydrogen) atoms. The number of anilines is 2. The second-order valence-electron chi connectivity index (χ2n) is 7.05. The number of ether oxygens (including phenoxy) is 1. The molecule has 0 saturated carbocycles. The molecule has 2 heterocycles. The van der Waals surface area contributed by atoms with Gasteiger partial charge in [-0.3, -0.25) is 9.59 Å². The minimum absolute atomic E-state index is 0.198. The van der Waals surface area contributed by atoms with E-state index in [9.17, 15) is 9.59 Å². The lowest BCUT2D eigenvalue weighted by atomic mass is 10.1. The molecule has 0 atom stereocenters. The van der Waals surface area contributed by atoms with E-state index in [2.05, 4.69) is 15.8 Å². The summed E-state index contributed by atoms with van der Waals surface area (Å²) in [4.78, 5) is 25.1. The number of nitrogens with one attached hydrogen (secondary N) is 2. The molecule has 2 aromatic carbocycles. The number of carbonyl (C=O) groups excluding carboxylic acids is 2. The van der Waals surface area contributed by atoms with E-state index in [0.717, 1.165) is 11.3 Å². The zero-order chi connectivity index (χ0) is 22.5. The first-order valence-electron chi connectivity index (χ1n) is 9.91. The first-order chi connectivity index (χ1) is 15.5. The molecular weight excluding hydrogens is 410 g/mol. The summed E-state index contributed by atoms with van der Waals surface area (Å²) < 4.78 is 16.1. The van der Waals surface area contributed by atoms with Crippen LogP contribution in [0.2, 0.25) is 0 Å². The lowest BCUT2D eigenvalue weighted by Crippen LogP contribution is -2.15. The van der Waals surface area contributed by atoms with E-state index < -0.39 is 0 Å². The van der Waals surface area contributed by atoms with E-state index in [1.807, 2.05) is 13.8 Å². The highest BCUT2D eigenvalue weighted by Crippen LogP contribution is 2.23. The van der Waals surface area contributed by atoms with Crippen molar-refractivity contribution in [3.63, 3.8) is 0 Å². The zero-order valence-electron chi connectivity index (χ0n) is 17.5. The van der Waals surface area contributed by atoms with Crippen molar-refractivity contribution in [1.29, 1.82) is 0 Å². The van der Waals surface area contributed by atoms with Crippen molar-refractivity contribution in [1.82, 2.24) is 5.16 Å². The highest BCUT2D eigenvalue weighted by Gasteiger charge is 2.16. The lowest BCUT2D eigenvalue weighted by Gasteiger charge is -2.12. The Kier molecular flexibility index (Phi) is 6.03. The summed E-state index contributed by atoms with van der Waals surface area (Å²) in [5.41, 5.74) is 3.02. The van der Waals surface area contributed by atoms with Gasteiger partial charge in [-0.2, -0.15) is 0 Å². The van der Waals surface area contributed by atoms with E-state index in [1.54, 1.807) is 60.7 Å². The average Bonchev–Trinajstić information content (AvgIpc) is 3.43. The second kappa shape index (κ2) is 9.22.